The maximum atomic E-state index is 12.4. The van der Waals surface area contributed by atoms with Crippen molar-refractivity contribution in [3.8, 4) is 0 Å². The van der Waals surface area contributed by atoms with E-state index in [-0.39, 0.29) is 20.9 Å². The van der Waals surface area contributed by atoms with Gasteiger partial charge in [-0.05, 0) is 43.7 Å². The van der Waals surface area contributed by atoms with Gasteiger partial charge in [0.15, 0.2) is 0 Å². The molecule has 1 fully saturated rings. The van der Waals surface area contributed by atoms with E-state index in [1.54, 1.807) is 17.8 Å². The monoisotopic (exact) mass is 364 g/mol. The zero-order chi connectivity index (χ0) is 15.6. The van der Waals surface area contributed by atoms with Crippen molar-refractivity contribution in [2.45, 2.75) is 35.4 Å². The highest BCUT2D eigenvalue weighted by Crippen LogP contribution is 2.29. The van der Waals surface area contributed by atoms with Crippen molar-refractivity contribution in [2.75, 3.05) is 6.26 Å². The van der Waals surface area contributed by atoms with Crippen LogP contribution in [-0.2, 0) is 10.0 Å². The number of nitrogens with two attached hydrogens (primary N) is 1. The Kier molecular flexibility index (Phi) is 5.54. The number of hydrogen-bond donors (Lipinski definition) is 2. The molecule has 2 rings (SSSR count). The van der Waals surface area contributed by atoms with Gasteiger partial charge in [0.1, 0.15) is 4.99 Å². The molecule has 2 unspecified atom stereocenters. The Bertz CT molecular complexity index is 649. The van der Waals surface area contributed by atoms with Crippen LogP contribution in [0.3, 0.4) is 0 Å². The van der Waals surface area contributed by atoms with Gasteiger partial charge in [0.25, 0.3) is 0 Å². The molecule has 0 aromatic heterocycles. The summed E-state index contributed by atoms with van der Waals surface area (Å²) in [4.78, 5) is 0.288. The summed E-state index contributed by atoms with van der Waals surface area (Å²) in [6.07, 6.45) is 4.81. The van der Waals surface area contributed by atoms with Gasteiger partial charge >= 0.3 is 0 Å². The maximum absolute atomic E-state index is 12.4. The number of sulfonamides is 1. The Hall–Kier alpha value is -0.340. The van der Waals surface area contributed by atoms with E-state index >= 15 is 0 Å². The average molecular weight is 365 g/mol. The first-order chi connectivity index (χ1) is 9.83. The third-order valence-corrected chi connectivity index (χ3v) is 6.70. The topological polar surface area (TPSA) is 72.2 Å². The lowest BCUT2D eigenvalue weighted by molar-refractivity contribution is 0.552. The molecule has 21 heavy (non-hydrogen) atoms. The zero-order valence-electron chi connectivity index (χ0n) is 11.5. The summed E-state index contributed by atoms with van der Waals surface area (Å²) in [7, 11) is -3.57. The van der Waals surface area contributed by atoms with Gasteiger partial charge in [-0.25, -0.2) is 13.1 Å². The van der Waals surface area contributed by atoms with Crippen LogP contribution in [0.25, 0.3) is 0 Å². The van der Waals surface area contributed by atoms with E-state index in [4.69, 9.17) is 29.6 Å². The lowest BCUT2D eigenvalue weighted by atomic mass is 10.2. The number of halogens is 1. The molecular weight excluding hydrogens is 348 g/mol. The zero-order valence-corrected chi connectivity index (χ0v) is 14.7. The molecule has 3 N–H and O–H groups in total. The Balaban J connectivity index is 2.16. The number of rotatable bonds is 5. The number of thioether (sulfide) groups is 1. The third-order valence-electron chi connectivity index (χ3n) is 3.56. The second-order valence-corrected chi connectivity index (χ2v) is 8.69. The van der Waals surface area contributed by atoms with E-state index in [9.17, 15) is 8.42 Å². The number of thiocarbonyl (C=S) groups is 1. The quantitative estimate of drug-likeness (QED) is 0.785. The molecule has 1 aromatic rings. The molecule has 8 heteroatoms. The van der Waals surface area contributed by atoms with Crippen molar-refractivity contribution in [1.29, 1.82) is 0 Å². The van der Waals surface area contributed by atoms with Crippen molar-refractivity contribution in [3.05, 3.63) is 28.8 Å². The van der Waals surface area contributed by atoms with E-state index in [1.165, 1.54) is 12.1 Å². The highest BCUT2D eigenvalue weighted by molar-refractivity contribution is 7.99. The predicted molar refractivity (Wildman–Crippen MR) is 92.6 cm³/mol. The fourth-order valence-corrected chi connectivity index (χ4v) is 5.10. The van der Waals surface area contributed by atoms with Gasteiger partial charge in [-0.3, -0.25) is 0 Å². The molecule has 0 saturated heterocycles. The normalized spacial score (nSPS) is 22.4. The van der Waals surface area contributed by atoms with Gasteiger partial charge in [-0.1, -0.05) is 23.8 Å². The Labute approximate surface area is 139 Å². The van der Waals surface area contributed by atoms with Crippen LogP contribution < -0.4 is 10.5 Å². The largest absolute Gasteiger partial charge is 0.389 e. The SMILES string of the molecule is CSC1CCC(NS(=O)(=O)c2ccc(C(N)=S)c(Cl)c2)C1. The molecule has 0 heterocycles. The van der Waals surface area contributed by atoms with Crippen LogP contribution in [0.15, 0.2) is 23.1 Å². The molecule has 0 aliphatic heterocycles. The molecule has 116 valence electrons. The van der Waals surface area contributed by atoms with Crippen LogP contribution in [0.5, 0.6) is 0 Å². The molecule has 1 saturated carbocycles. The van der Waals surface area contributed by atoms with Crippen LogP contribution in [-0.4, -0.2) is 31.0 Å². The summed E-state index contributed by atoms with van der Waals surface area (Å²) in [5, 5.41) is 0.775. The van der Waals surface area contributed by atoms with E-state index in [0.717, 1.165) is 19.3 Å². The van der Waals surface area contributed by atoms with Crippen molar-refractivity contribution in [3.63, 3.8) is 0 Å². The number of hydrogen-bond acceptors (Lipinski definition) is 4. The van der Waals surface area contributed by atoms with Crippen molar-refractivity contribution in [1.82, 2.24) is 4.72 Å². The van der Waals surface area contributed by atoms with Crippen LogP contribution in [0.4, 0.5) is 0 Å². The second-order valence-electron chi connectivity index (χ2n) is 4.99. The molecular formula is C13H17ClN2O2S3. The standard InChI is InChI=1S/C13H17ClN2O2S3/c1-20-9-3-2-8(6-9)16-21(17,18)10-4-5-11(13(15)19)12(14)7-10/h4-5,7-9,16H,2-3,6H2,1H3,(H2,15,19). The summed E-state index contributed by atoms with van der Waals surface area (Å²) in [6.45, 7) is 0. The first-order valence-electron chi connectivity index (χ1n) is 6.48. The summed E-state index contributed by atoms with van der Waals surface area (Å²) in [6, 6.07) is 4.39. The molecule has 0 bridgehead atoms. The second kappa shape index (κ2) is 6.83. The lowest BCUT2D eigenvalue weighted by Gasteiger charge is -2.14. The fraction of sp³-hybridized carbons (Fsp3) is 0.462. The molecule has 0 radical (unpaired) electrons. The smallest absolute Gasteiger partial charge is 0.240 e. The van der Waals surface area contributed by atoms with E-state index in [2.05, 4.69) is 11.0 Å². The average Bonchev–Trinajstić information content (AvgIpc) is 2.85. The minimum absolute atomic E-state index is 0.0125. The molecule has 1 aliphatic carbocycles. The van der Waals surface area contributed by atoms with Gasteiger partial charge < -0.3 is 5.73 Å². The Morgan fingerprint density at radius 3 is 2.71 bits per heavy atom. The van der Waals surface area contributed by atoms with E-state index in [1.807, 2.05) is 0 Å². The molecule has 4 nitrogen and oxygen atoms in total. The Morgan fingerprint density at radius 2 is 2.19 bits per heavy atom. The molecule has 2 atom stereocenters. The van der Waals surface area contributed by atoms with Crippen LogP contribution in [0, 0.1) is 0 Å². The van der Waals surface area contributed by atoms with Gasteiger partial charge in [-0.15, -0.1) is 0 Å². The summed E-state index contributed by atoms with van der Waals surface area (Å²) in [5.41, 5.74) is 6.00. The van der Waals surface area contributed by atoms with Gasteiger partial charge in [-0.2, -0.15) is 11.8 Å². The highest BCUT2D eigenvalue weighted by Gasteiger charge is 2.28. The van der Waals surface area contributed by atoms with E-state index in [0.29, 0.717) is 10.8 Å². The van der Waals surface area contributed by atoms with Gasteiger partial charge in [0, 0.05) is 16.9 Å². The maximum Gasteiger partial charge on any atom is 0.240 e. The first kappa shape index (κ1) is 17.0. The summed E-state index contributed by atoms with van der Waals surface area (Å²) >= 11 is 12.7. The number of nitrogens with one attached hydrogen (secondary N) is 1. The van der Waals surface area contributed by atoms with Crippen molar-refractivity contribution >= 4 is 50.6 Å². The molecule has 1 aromatic carbocycles. The van der Waals surface area contributed by atoms with Crippen molar-refractivity contribution < 1.29 is 8.42 Å². The fourth-order valence-electron chi connectivity index (χ4n) is 2.41. The van der Waals surface area contributed by atoms with Crippen LogP contribution in [0.2, 0.25) is 5.02 Å². The summed E-state index contributed by atoms with van der Waals surface area (Å²) < 4.78 is 27.5. The van der Waals surface area contributed by atoms with Crippen LogP contribution >= 0.6 is 35.6 Å². The minimum atomic E-state index is -3.57. The third kappa shape index (κ3) is 4.10. The van der Waals surface area contributed by atoms with Crippen LogP contribution in [0.1, 0.15) is 24.8 Å². The molecule has 0 spiro atoms. The lowest BCUT2D eigenvalue weighted by Crippen LogP contribution is -2.33. The van der Waals surface area contributed by atoms with Gasteiger partial charge in [0.05, 0.1) is 9.92 Å². The van der Waals surface area contributed by atoms with E-state index < -0.39 is 10.0 Å². The van der Waals surface area contributed by atoms with Crippen molar-refractivity contribution in [2.24, 2.45) is 5.73 Å². The predicted octanol–water partition coefficient (Wildman–Crippen LogP) is 2.54. The number of benzene rings is 1. The molecule has 1 aliphatic rings. The summed E-state index contributed by atoms with van der Waals surface area (Å²) in [5.74, 6) is 0. The highest BCUT2D eigenvalue weighted by atomic mass is 35.5. The first-order valence-corrected chi connectivity index (χ1v) is 10.0. The Morgan fingerprint density at radius 1 is 1.48 bits per heavy atom. The molecule has 0 amide bonds. The minimum Gasteiger partial charge on any atom is -0.389 e. The van der Waals surface area contributed by atoms with Gasteiger partial charge in [0.2, 0.25) is 10.0 Å².